The number of hydrogen-bond acceptors (Lipinski definition) is 4. The monoisotopic (exact) mass is 442 g/mol. The van der Waals surface area contributed by atoms with Crippen LogP contribution in [0.3, 0.4) is 0 Å². The molecule has 0 N–H and O–H groups in total. The molecule has 2 aliphatic heterocycles. The van der Waals surface area contributed by atoms with E-state index in [1.54, 1.807) is 31.4 Å². The SMILES string of the molecule is COc1ccc(C2CCCCCN2C(=O)c2cccc(S(=O)(=O)N3CCCC3)c2)cc1. The van der Waals surface area contributed by atoms with Crippen molar-refractivity contribution in [3.63, 3.8) is 0 Å². The zero-order valence-electron chi connectivity index (χ0n) is 18.0. The Kier molecular flexibility index (Phi) is 6.62. The van der Waals surface area contributed by atoms with Gasteiger partial charge in [0.25, 0.3) is 5.91 Å². The molecule has 2 aliphatic rings. The lowest BCUT2D eigenvalue weighted by molar-refractivity contribution is 0.0680. The maximum Gasteiger partial charge on any atom is 0.254 e. The smallest absolute Gasteiger partial charge is 0.254 e. The molecule has 1 atom stereocenters. The minimum atomic E-state index is -3.56. The molecule has 1 unspecified atom stereocenters. The molecule has 6 nitrogen and oxygen atoms in total. The van der Waals surface area contributed by atoms with Gasteiger partial charge >= 0.3 is 0 Å². The van der Waals surface area contributed by atoms with E-state index in [9.17, 15) is 13.2 Å². The van der Waals surface area contributed by atoms with Crippen LogP contribution in [0.1, 0.15) is 60.5 Å². The van der Waals surface area contributed by atoms with Crippen molar-refractivity contribution >= 4 is 15.9 Å². The average molecular weight is 443 g/mol. The quantitative estimate of drug-likeness (QED) is 0.695. The van der Waals surface area contributed by atoms with Gasteiger partial charge in [-0.05, 0) is 61.6 Å². The topological polar surface area (TPSA) is 66.9 Å². The van der Waals surface area contributed by atoms with E-state index in [2.05, 4.69) is 0 Å². The summed E-state index contributed by atoms with van der Waals surface area (Å²) in [6.07, 6.45) is 5.75. The standard InChI is InChI=1S/C24H30N2O4S/c1-30-21-13-11-19(12-14-21)23-10-3-2-4-17-26(23)24(27)20-8-7-9-22(18-20)31(28,29)25-15-5-6-16-25/h7-9,11-14,18,23H,2-6,10,15-17H2,1H3. The molecule has 1 amide bonds. The molecule has 2 aromatic carbocycles. The van der Waals surface area contributed by atoms with Crippen molar-refractivity contribution in [2.75, 3.05) is 26.7 Å². The molecule has 0 bridgehead atoms. The van der Waals surface area contributed by atoms with Crippen molar-refractivity contribution in [1.29, 1.82) is 0 Å². The second-order valence-electron chi connectivity index (χ2n) is 8.28. The molecule has 166 valence electrons. The van der Waals surface area contributed by atoms with Gasteiger partial charge < -0.3 is 9.64 Å². The van der Waals surface area contributed by atoms with E-state index in [0.717, 1.165) is 49.8 Å². The maximum atomic E-state index is 13.6. The van der Waals surface area contributed by atoms with Gasteiger partial charge in [0, 0.05) is 25.2 Å². The molecular weight excluding hydrogens is 412 g/mol. The fraction of sp³-hybridized carbons (Fsp3) is 0.458. The van der Waals surface area contributed by atoms with Crippen molar-refractivity contribution in [3.8, 4) is 5.75 Å². The van der Waals surface area contributed by atoms with Gasteiger partial charge in [0.2, 0.25) is 10.0 Å². The van der Waals surface area contributed by atoms with Crippen LogP contribution in [-0.4, -0.2) is 50.3 Å². The third-order valence-electron chi connectivity index (χ3n) is 6.30. The third kappa shape index (κ3) is 4.62. The van der Waals surface area contributed by atoms with Crippen LogP contribution in [0, 0.1) is 0 Å². The Balaban J connectivity index is 1.63. The molecule has 31 heavy (non-hydrogen) atoms. The number of methoxy groups -OCH3 is 1. The molecule has 2 aromatic rings. The van der Waals surface area contributed by atoms with Gasteiger partial charge in [0.1, 0.15) is 5.75 Å². The summed E-state index contributed by atoms with van der Waals surface area (Å²) >= 11 is 0. The molecule has 0 aromatic heterocycles. The number of rotatable bonds is 5. The Labute approximate surface area is 184 Å². The van der Waals surface area contributed by atoms with E-state index in [0.29, 0.717) is 25.2 Å². The van der Waals surface area contributed by atoms with Gasteiger partial charge in [-0.3, -0.25) is 4.79 Å². The highest BCUT2D eigenvalue weighted by atomic mass is 32.2. The lowest BCUT2D eigenvalue weighted by atomic mass is 10.00. The van der Waals surface area contributed by atoms with Crippen LogP contribution in [0.2, 0.25) is 0 Å². The lowest BCUT2D eigenvalue weighted by Gasteiger charge is -2.31. The van der Waals surface area contributed by atoms with Gasteiger partial charge in [0.15, 0.2) is 0 Å². The Morgan fingerprint density at radius 2 is 1.65 bits per heavy atom. The summed E-state index contributed by atoms with van der Waals surface area (Å²) in [7, 11) is -1.92. The second kappa shape index (κ2) is 9.40. The number of carbonyl (C=O) groups is 1. The van der Waals surface area contributed by atoms with E-state index < -0.39 is 10.0 Å². The normalized spacial score (nSPS) is 20.4. The zero-order chi connectivity index (χ0) is 21.8. The summed E-state index contributed by atoms with van der Waals surface area (Å²) in [5.41, 5.74) is 1.51. The van der Waals surface area contributed by atoms with E-state index in [1.807, 2.05) is 29.2 Å². The summed E-state index contributed by atoms with van der Waals surface area (Å²) in [5, 5.41) is 0. The molecular formula is C24H30N2O4S. The largest absolute Gasteiger partial charge is 0.497 e. The van der Waals surface area contributed by atoms with Gasteiger partial charge in [-0.2, -0.15) is 4.31 Å². The Bertz CT molecular complexity index is 1010. The van der Waals surface area contributed by atoms with E-state index in [-0.39, 0.29) is 16.8 Å². The first kappa shape index (κ1) is 21.8. The summed E-state index contributed by atoms with van der Waals surface area (Å²) < 4.78 is 32.7. The predicted molar refractivity (Wildman–Crippen MR) is 120 cm³/mol. The van der Waals surface area contributed by atoms with Crippen molar-refractivity contribution in [2.45, 2.75) is 49.5 Å². The summed E-state index contributed by atoms with van der Waals surface area (Å²) in [4.78, 5) is 15.7. The first-order valence-electron chi connectivity index (χ1n) is 11.1. The van der Waals surface area contributed by atoms with Crippen LogP contribution in [0.5, 0.6) is 5.75 Å². The van der Waals surface area contributed by atoms with Gasteiger partial charge in [0.05, 0.1) is 18.0 Å². The number of amides is 1. The third-order valence-corrected chi connectivity index (χ3v) is 8.19. The molecule has 0 saturated carbocycles. The number of sulfonamides is 1. The van der Waals surface area contributed by atoms with Crippen molar-refractivity contribution in [2.24, 2.45) is 0 Å². The van der Waals surface area contributed by atoms with Crippen LogP contribution < -0.4 is 4.74 Å². The molecule has 4 rings (SSSR count). The van der Waals surface area contributed by atoms with Crippen molar-refractivity contribution in [1.82, 2.24) is 9.21 Å². The lowest BCUT2D eigenvalue weighted by Crippen LogP contribution is -2.35. The van der Waals surface area contributed by atoms with E-state index >= 15 is 0 Å². The Hall–Kier alpha value is -2.38. The molecule has 0 radical (unpaired) electrons. The Morgan fingerprint density at radius 3 is 2.35 bits per heavy atom. The molecule has 7 heteroatoms. The number of carbonyl (C=O) groups excluding carboxylic acids is 1. The van der Waals surface area contributed by atoms with Gasteiger partial charge in [-0.1, -0.05) is 31.0 Å². The van der Waals surface area contributed by atoms with E-state index in [1.165, 1.54) is 4.31 Å². The number of ether oxygens (including phenoxy) is 1. The summed E-state index contributed by atoms with van der Waals surface area (Å²) in [5.74, 6) is 0.677. The minimum Gasteiger partial charge on any atom is -0.497 e. The average Bonchev–Trinajstić information content (AvgIpc) is 3.25. The van der Waals surface area contributed by atoms with Gasteiger partial charge in [-0.15, -0.1) is 0 Å². The first-order chi connectivity index (χ1) is 15.0. The fourth-order valence-corrected chi connectivity index (χ4v) is 6.12. The second-order valence-corrected chi connectivity index (χ2v) is 10.2. The van der Waals surface area contributed by atoms with Crippen LogP contribution in [0.25, 0.3) is 0 Å². The predicted octanol–water partition coefficient (Wildman–Crippen LogP) is 4.24. The number of likely N-dealkylation sites (tertiary alicyclic amines) is 1. The molecule has 0 aliphatic carbocycles. The number of benzene rings is 2. The summed E-state index contributed by atoms with van der Waals surface area (Å²) in [6.45, 7) is 1.76. The Morgan fingerprint density at radius 1 is 0.935 bits per heavy atom. The number of nitrogens with zero attached hydrogens (tertiary/aromatic N) is 2. The van der Waals surface area contributed by atoms with Crippen LogP contribution in [0.4, 0.5) is 0 Å². The van der Waals surface area contributed by atoms with Crippen LogP contribution in [0.15, 0.2) is 53.4 Å². The molecule has 0 spiro atoms. The van der Waals surface area contributed by atoms with Gasteiger partial charge in [-0.25, -0.2) is 8.42 Å². The van der Waals surface area contributed by atoms with Crippen LogP contribution in [-0.2, 0) is 10.0 Å². The minimum absolute atomic E-state index is 0.0280. The molecule has 2 saturated heterocycles. The van der Waals surface area contributed by atoms with Crippen molar-refractivity contribution in [3.05, 3.63) is 59.7 Å². The zero-order valence-corrected chi connectivity index (χ0v) is 18.8. The fourth-order valence-electron chi connectivity index (χ4n) is 4.56. The first-order valence-corrected chi connectivity index (χ1v) is 12.5. The van der Waals surface area contributed by atoms with Crippen LogP contribution >= 0.6 is 0 Å². The highest BCUT2D eigenvalue weighted by Gasteiger charge is 2.30. The maximum absolute atomic E-state index is 13.6. The van der Waals surface area contributed by atoms with E-state index in [4.69, 9.17) is 4.74 Å². The molecule has 2 fully saturated rings. The highest BCUT2D eigenvalue weighted by Crippen LogP contribution is 2.33. The molecule has 2 heterocycles. The summed E-state index contributed by atoms with van der Waals surface area (Å²) in [6, 6.07) is 14.4. The number of hydrogen-bond donors (Lipinski definition) is 0. The van der Waals surface area contributed by atoms with Crippen molar-refractivity contribution < 1.29 is 17.9 Å². The highest BCUT2D eigenvalue weighted by molar-refractivity contribution is 7.89.